The SMILES string of the molecule is Cc1noc(C)c1C(C)NCC(C#N)c1ccccc1. The summed E-state index contributed by atoms with van der Waals surface area (Å²) < 4.78 is 5.18. The molecule has 0 aliphatic rings. The minimum Gasteiger partial charge on any atom is -0.361 e. The molecule has 0 aliphatic carbocycles. The summed E-state index contributed by atoms with van der Waals surface area (Å²) in [4.78, 5) is 0. The van der Waals surface area contributed by atoms with Crippen LogP contribution in [0.4, 0.5) is 0 Å². The molecule has 0 amide bonds. The number of nitrogens with one attached hydrogen (secondary N) is 1. The average molecular weight is 269 g/mol. The van der Waals surface area contributed by atoms with Crippen molar-refractivity contribution in [1.82, 2.24) is 10.5 Å². The highest BCUT2D eigenvalue weighted by Gasteiger charge is 2.18. The van der Waals surface area contributed by atoms with Gasteiger partial charge in [0.25, 0.3) is 0 Å². The smallest absolute Gasteiger partial charge is 0.138 e. The lowest BCUT2D eigenvalue weighted by atomic mass is 9.99. The Hall–Kier alpha value is -2.12. The summed E-state index contributed by atoms with van der Waals surface area (Å²) in [7, 11) is 0. The van der Waals surface area contributed by atoms with Gasteiger partial charge in [0.1, 0.15) is 5.76 Å². The fraction of sp³-hybridized carbons (Fsp3) is 0.375. The van der Waals surface area contributed by atoms with Gasteiger partial charge >= 0.3 is 0 Å². The van der Waals surface area contributed by atoms with E-state index in [4.69, 9.17) is 4.52 Å². The molecule has 0 bridgehead atoms. The van der Waals surface area contributed by atoms with Crippen molar-refractivity contribution >= 4 is 0 Å². The number of hydrogen-bond acceptors (Lipinski definition) is 4. The highest BCUT2D eigenvalue weighted by Crippen LogP contribution is 2.22. The Labute approximate surface area is 119 Å². The Kier molecular flexibility index (Phi) is 4.54. The number of nitrogens with zero attached hydrogens (tertiary/aromatic N) is 2. The summed E-state index contributed by atoms with van der Waals surface area (Å²) in [5.41, 5.74) is 3.01. The summed E-state index contributed by atoms with van der Waals surface area (Å²) in [6.45, 7) is 6.51. The van der Waals surface area contributed by atoms with Gasteiger partial charge < -0.3 is 9.84 Å². The molecular formula is C16H19N3O. The molecule has 0 spiro atoms. The van der Waals surface area contributed by atoms with Gasteiger partial charge in [0, 0.05) is 18.2 Å². The first-order chi connectivity index (χ1) is 9.63. The van der Waals surface area contributed by atoms with Crippen molar-refractivity contribution in [1.29, 1.82) is 5.26 Å². The van der Waals surface area contributed by atoms with Crippen LogP contribution in [-0.4, -0.2) is 11.7 Å². The number of aryl methyl sites for hydroxylation is 2. The maximum absolute atomic E-state index is 9.31. The number of hydrogen-bond donors (Lipinski definition) is 1. The van der Waals surface area contributed by atoms with E-state index in [1.54, 1.807) is 0 Å². The van der Waals surface area contributed by atoms with E-state index < -0.39 is 0 Å². The Morgan fingerprint density at radius 2 is 2.00 bits per heavy atom. The zero-order valence-electron chi connectivity index (χ0n) is 12.1. The fourth-order valence-corrected chi connectivity index (χ4v) is 2.43. The second-order valence-corrected chi connectivity index (χ2v) is 4.96. The molecule has 104 valence electrons. The average Bonchev–Trinajstić information content (AvgIpc) is 2.80. The number of aromatic nitrogens is 1. The lowest BCUT2D eigenvalue weighted by molar-refractivity contribution is 0.390. The van der Waals surface area contributed by atoms with Gasteiger partial charge in [-0.2, -0.15) is 5.26 Å². The summed E-state index contributed by atoms with van der Waals surface area (Å²) in [6, 6.07) is 12.3. The van der Waals surface area contributed by atoms with Crippen molar-refractivity contribution in [3.05, 3.63) is 52.9 Å². The second-order valence-electron chi connectivity index (χ2n) is 4.96. The van der Waals surface area contributed by atoms with Crippen LogP contribution in [0.3, 0.4) is 0 Å². The van der Waals surface area contributed by atoms with Gasteiger partial charge in [-0.05, 0) is 26.3 Å². The lowest BCUT2D eigenvalue weighted by Crippen LogP contribution is -2.24. The van der Waals surface area contributed by atoms with Crippen molar-refractivity contribution in [3.8, 4) is 6.07 Å². The van der Waals surface area contributed by atoms with Crippen molar-refractivity contribution in [3.63, 3.8) is 0 Å². The van der Waals surface area contributed by atoms with E-state index in [-0.39, 0.29) is 12.0 Å². The molecule has 1 aromatic carbocycles. The van der Waals surface area contributed by atoms with E-state index >= 15 is 0 Å². The molecule has 2 atom stereocenters. The molecule has 2 aromatic rings. The van der Waals surface area contributed by atoms with Crippen LogP contribution in [0.1, 0.15) is 41.5 Å². The lowest BCUT2D eigenvalue weighted by Gasteiger charge is -2.16. The molecular weight excluding hydrogens is 250 g/mol. The van der Waals surface area contributed by atoms with Crippen LogP contribution >= 0.6 is 0 Å². The quantitative estimate of drug-likeness (QED) is 0.905. The van der Waals surface area contributed by atoms with E-state index in [2.05, 4.69) is 23.5 Å². The minimum atomic E-state index is -0.154. The monoisotopic (exact) mass is 269 g/mol. The van der Waals surface area contributed by atoms with E-state index in [9.17, 15) is 5.26 Å². The van der Waals surface area contributed by atoms with Crippen molar-refractivity contribution in [2.24, 2.45) is 0 Å². The van der Waals surface area contributed by atoms with Gasteiger partial charge in [-0.3, -0.25) is 0 Å². The van der Waals surface area contributed by atoms with E-state index in [0.29, 0.717) is 6.54 Å². The largest absolute Gasteiger partial charge is 0.361 e. The van der Waals surface area contributed by atoms with Crippen LogP contribution in [0.15, 0.2) is 34.9 Å². The standard InChI is InChI=1S/C16H19N3O/c1-11(16-12(2)19-20-13(16)3)18-10-15(9-17)14-7-5-4-6-8-14/h4-8,11,15,18H,10H2,1-3H3. The number of rotatable bonds is 5. The van der Waals surface area contributed by atoms with E-state index in [0.717, 1.165) is 22.6 Å². The highest BCUT2D eigenvalue weighted by atomic mass is 16.5. The molecule has 1 heterocycles. The predicted molar refractivity (Wildman–Crippen MR) is 77.2 cm³/mol. The van der Waals surface area contributed by atoms with Gasteiger partial charge in [-0.1, -0.05) is 35.5 Å². The maximum atomic E-state index is 9.31. The third-order valence-electron chi connectivity index (χ3n) is 3.51. The van der Waals surface area contributed by atoms with E-state index in [1.807, 2.05) is 44.2 Å². The molecule has 1 N–H and O–H groups in total. The first-order valence-electron chi connectivity index (χ1n) is 6.74. The minimum absolute atomic E-state index is 0.112. The summed E-state index contributed by atoms with van der Waals surface area (Å²) in [5.74, 6) is 0.676. The molecule has 0 aliphatic heterocycles. The summed E-state index contributed by atoms with van der Waals surface area (Å²) in [5, 5.41) is 16.7. The number of benzene rings is 1. The van der Waals surface area contributed by atoms with Crippen LogP contribution in [0.2, 0.25) is 0 Å². The summed E-state index contributed by atoms with van der Waals surface area (Å²) >= 11 is 0. The first-order valence-corrected chi connectivity index (χ1v) is 6.74. The Balaban J connectivity index is 2.03. The molecule has 0 fully saturated rings. The Bertz CT molecular complexity index is 578. The second kappa shape index (κ2) is 6.36. The topological polar surface area (TPSA) is 61.9 Å². The maximum Gasteiger partial charge on any atom is 0.138 e. The van der Waals surface area contributed by atoms with E-state index in [1.165, 1.54) is 0 Å². The van der Waals surface area contributed by atoms with Gasteiger partial charge in [-0.15, -0.1) is 0 Å². The molecule has 1 aromatic heterocycles. The van der Waals surface area contributed by atoms with Crippen LogP contribution in [0.5, 0.6) is 0 Å². The normalized spacial score (nSPS) is 13.7. The zero-order valence-corrected chi connectivity index (χ0v) is 12.1. The molecule has 4 nitrogen and oxygen atoms in total. The van der Waals surface area contributed by atoms with Crippen molar-refractivity contribution in [2.45, 2.75) is 32.7 Å². The predicted octanol–water partition coefficient (Wildman–Crippen LogP) is 3.25. The Morgan fingerprint density at radius 3 is 2.55 bits per heavy atom. The van der Waals surface area contributed by atoms with Crippen LogP contribution < -0.4 is 5.32 Å². The third-order valence-corrected chi connectivity index (χ3v) is 3.51. The van der Waals surface area contributed by atoms with Crippen molar-refractivity contribution in [2.75, 3.05) is 6.54 Å². The van der Waals surface area contributed by atoms with Crippen LogP contribution in [0.25, 0.3) is 0 Å². The first kappa shape index (κ1) is 14.3. The molecule has 20 heavy (non-hydrogen) atoms. The molecule has 2 unspecified atom stereocenters. The van der Waals surface area contributed by atoms with Gasteiger partial charge in [0.05, 0.1) is 17.7 Å². The van der Waals surface area contributed by atoms with Gasteiger partial charge in [-0.25, -0.2) is 0 Å². The molecule has 0 saturated heterocycles. The van der Waals surface area contributed by atoms with Crippen molar-refractivity contribution < 1.29 is 4.52 Å². The number of nitriles is 1. The fourth-order valence-electron chi connectivity index (χ4n) is 2.43. The molecule has 4 heteroatoms. The van der Waals surface area contributed by atoms with Crippen LogP contribution in [0, 0.1) is 25.2 Å². The summed E-state index contributed by atoms with van der Waals surface area (Å²) in [6.07, 6.45) is 0. The Morgan fingerprint density at radius 1 is 1.30 bits per heavy atom. The van der Waals surface area contributed by atoms with Gasteiger partial charge in [0.15, 0.2) is 0 Å². The molecule has 2 rings (SSSR count). The molecule has 0 radical (unpaired) electrons. The zero-order chi connectivity index (χ0) is 14.5. The van der Waals surface area contributed by atoms with Crippen LogP contribution in [-0.2, 0) is 0 Å². The highest BCUT2D eigenvalue weighted by molar-refractivity contribution is 5.27. The third kappa shape index (κ3) is 3.06. The molecule has 0 saturated carbocycles. The van der Waals surface area contributed by atoms with Gasteiger partial charge in [0.2, 0.25) is 0 Å².